The number of nitrogens with zero attached hydrogens (tertiary/aromatic N) is 1. The van der Waals surface area contributed by atoms with Gasteiger partial charge in [-0.15, -0.1) is 0 Å². The van der Waals surface area contributed by atoms with Crippen LogP contribution in [0.2, 0.25) is 0 Å². The zero-order valence-corrected chi connectivity index (χ0v) is 20.8. The maximum Gasteiger partial charge on any atom is 0.310 e. The lowest BCUT2D eigenvalue weighted by molar-refractivity contribution is -0.156. The molecule has 2 amide bonds. The molecule has 2 aliphatic carbocycles. The smallest absolute Gasteiger partial charge is 0.310 e. The topological polar surface area (TPSA) is 95.9 Å². The van der Waals surface area contributed by atoms with E-state index in [1.54, 1.807) is 11.8 Å². The van der Waals surface area contributed by atoms with E-state index >= 15 is 0 Å². The van der Waals surface area contributed by atoms with Gasteiger partial charge in [-0.25, -0.2) is 0 Å². The second-order valence-corrected chi connectivity index (χ2v) is 9.98. The molecule has 2 fully saturated rings. The number of hydrogen-bond acceptors (Lipinski definition) is 5. The molecule has 1 aliphatic heterocycles. The van der Waals surface area contributed by atoms with Gasteiger partial charge in [0.2, 0.25) is 11.8 Å². The monoisotopic (exact) mass is 482 g/mol. The summed E-state index contributed by atoms with van der Waals surface area (Å²) in [7, 11) is 0. The van der Waals surface area contributed by atoms with Crippen molar-refractivity contribution in [1.82, 2.24) is 10.2 Å². The molecule has 1 aromatic rings. The second kappa shape index (κ2) is 11.4. The molecule has 190 valence electrons. The number of aliphatic hydroxyl groups excluding tert-OH is 1. The molecular weight excluding hydrogens is 444 g/mol. The van der Waals surface area contributed by atoms with Crippen molar-refractivity contribution in [2.24, 2.45) is 23.7 Å². The summed E-state index contributed by atoms with van der Waals surface area (Å²) in [4.78, 5) is 42.5. The number of amides is 2. The van der Waals surface area contributed by atoms with E-state index in [2.05, 4.69) is 5.32 Å². The molecule has 7 nitrogen and oxygen atoms in total. The van der Waals surface area contributed by atoms with Crippen LogP contribution in [0.15, 0.2) is 42.5 Å². The number of ether oxygens (including phenoxy) is 1. The Kier molecular flexibility index (Phi) is 8.26. The summed E-state index contributed by atoms with van der Waals surface area (Å²) in [6.07, 6.45) is 9.83. The van der Waals surface area contributed by atoms with E-state index in [9.17, 15) is 19.5 Å². The Bertz CT molecular complexity index is 927. The Morgan fingerprint density at radius 1 is 1.11 bits per heavy atom. The van der Waals surface area contributed by atoms with Gasteiger partial charge in [-0.3, -0.25) is 14.4 Å². The molecular formula is C28H38N2O5. The predicted octanol–water partition coefficient (Wildman–Crippen LogP) is 3.39. The molecule has 0 spiro atoms. The van der Waals surface area contributed by atoms with Gasteiger partial charge in [-0.05, 0) is 37.7 Å². The molecule has 1 saturated carbocycles. The quantitative estimate of drug-likeness (QED) is 0.437. The van der Waals surface area contributed by atoms with Crippen LogP contribution >= 0.6 is 0 Å². The predicted molar refractivity (Wildman–Crippen MR) is 132 cm³/mol. The molecule has 6 atom stereocenters. The number of carbonyl (C=O) groups is 3. The number of nitrogens with one attached hydrogen (secondary N) is 1. The molecule has 0 aromatic heterocycles. The van der Waals surface area contributed by atoms with Gasteiger partial charge in [0.1, 0.15) is 6.04 Å². The van der Waals surface area contributed by atoms with Gasteiger partial charge in [0.15, 0.2) is 0 Å². The number of carbonyl (C=O) groups excluding carboxylic acids is 3. The van der Waals surface area contributed by atoms with Crippen molar-refractivity contribution in [2.45, 2.75) is 70.5 Å². The lowest BCUT2D eigenvalue weighted by Gasteiger charge is -2.35. The molecule has 0 unspecified atom stereocenters. The van der Waals surface area contributed by atoms with Crippen LogP contribution < -0.4 is 5.32 Å². The van der Waals surface area contributed by atoms with Gasteiger partial charge in [-0.1, -0.05) is 68.7 Å². The van der Waals surface area contributed by atoms with E-state index in [4.69, 9.17) is 4.74 Å². The van der Waals surface area contributed by atoms with Crippen LogP contribution in [0.5, 0.6) is 0 Å². The van der Waals surface area contributed by atoms with Gasteiger partial charge in [0.05, 0.1) is 31.1 Å². The Hall–Kier alpha value is -2.67. The lowest BCUT2D eigenvalue weighted by atomic mass is 9.69. The number of rotatable bonds is 8. The minimum Gasteiger partial charge on any atom is -0.466 e. The number of fused-ring (bicyclic) bond motifs is 1. The Labute approximate surface area is 207 Å². The summed E-state index contributed by atoms with van der Waals surface area (Å²) < 4.78 is 5.40. The summed E-state index contributed by atoms with van der Waals surface area (Å²) >= 11 is 0. The fourth-order valence-electron chi connectivity index (χ4n) is 6.29. The molecule has 0 radical (unpaired) electrons. The Balaban J connectivity index is 1.74. The molecule has 1 aromatic carbocycles. The molecule has 2 N–H and O–H groups in total. The van der Waals surface area contributed by atoms with Crippen LogP contribution in [-0.4, -0.2) is 53.1 Å². The van der Waals surface area contributed by atoms with E-state index < -0.39 is 29.8 Å². The third kappa shape index (κ3) is 5.01. The average Bonchev–Trinajstić information content (AvgIpc) is 3.17. The number of likely N-dealkylation sites (tertiary alicyclic amines) is 1. The molecule has 1 saturated heterocycles. The average molecular weight is 483 g/mol. The molecule has 1 heterocycles. The largest absolute Gasteiger partial charge is 0.466 e. The molecule has 0 bridgehead atoms. The summed E-state index contributed by atoms with van der Waals surface area (Å²) in [5.74, 6) is -2.78. The van der Waals surface area contributed by atoms with Crippen molar-refractivity contribution < 1.29 is 24.2 Å². The first-order valence-corrected chi connectivity index (χ1v) is 13.1. The minimum absolute atomic E-state index is 0.0911. The maximum absolute atomic E-state index is 14.1. The van der Waals surface area contributed by atoms with Crippen LogP contribution in [0.25, 0.3) is 0 Å². The van der Waals surface area contributed by atoms with Gasteiger partial charge >= 0.3 is 5.97 Å². The third-order valence-corrected chi connectivity index (χ3v) is 7.99. The highest BCUT2D eigenvalue weighted by Crippen LogP contribution is 2.47. The molecule has 3 aliphatic rings. The van der Waals surface area contributed by atoms with Gasteiger partial charge in [0.25, 0.3) is 0 Å². The third-order valence-electron chi connectivity index (χ3n) is 7.99. The SMILES string of the molecule is CCOC(=O)[C@H]1[C@@H]2C(=O)N([C@H](CO)c3ccccc3)[C@H](C(=O)NC3CCCCC3)[C@H]2C=C[C@H]1CC. The van der Waals surface area contributed by atoms with Crippen molar-refractivity contribution >= 4 is 17.8 Å². The van der Waals surface area contributed by atoms with E-state index in [0.717, 1.165) is 31.2 Å². The molecule has 7 heteroatoms. The normalized spacial score (nSPS) is 29.5. The van der Waals surface area contributed by atoms with E-state index in [0.29, 0.717) is 6.42 Å². The van der Waals surface area contributed by atoms with Gasteiger partial charge in [0, 0.05) is 12.0 Å². The van der Waals surface area contributed by atoms with E-state index in [1.165, 1.54) is 6.42 Å². The van der Waals surface area contributed by atoms with Crippen LogP contribution in [-0.2, 0) is 19.1 Å². The number of hydrogen-bond donors (Lipinski definition) is 2. The summed E-state index contributed by atoms with van der Waals surface area (Å²) in [6.45, 7) is 3.68. The van der Waals surface area contributed by atoms with Crippen LogP contribution in [0.1, 0.15) is 64.0 Å². The first-order chi connectivity index (χ1) is 17.0. The molecule has 4 rings (SSSR count). The number of aliphatic hydroxyl groups is 1. The van der Waals surface area contributed by atoms with Gasteiger partial charge in [-0.2, -0.15) is 0 Å². The fraction of sp³-hybridized carbons (Fsp3) is 0.607. The maximum atomic E-state index is 14.1. The van der Waals surface area contributed by atoms with Crippen LogP contribution in [0.4, 0.5) is 0 Å². The highest BCUT2D eigenvalue weighted by Gasteiger charge is 2.59. The fourth-order valence-corrected chi connectivity index (χ4v) is 6.29. The summed E-state index contributed by atoms with van der Waals surface area (Å²) in [5.41, 5.74) is 0.765. The number of esters is 1. The Morgan fingerprint density at radius 3 is 2.46 bits per heavy atom. The van der Waals surface area contributed by atoms with Crippen molar-refractivity contribution in [3.8, 4) is 0 Å². The van der Waals surface area contributed by atoms with E-state index in [1.807, 2.05) is 49.4 Å². The standard InChI is InChI=1S/C28H38N2O5/c1-3-18-15-16-21-24(23(18)28(34)35-4-2)27(33)30(22(17-31)19-11-7-5-8-12-19)25(21)26(32)29-20-13-9-6-10-14-20/h5,7-8,11-12,15-16,18,20-25,31H,3-4,6,9-10,13-14,17H2,1-2H3,(H,29,32)/t18-,21+,22-,23-,24-,25+/m1/s1. The van der Waals surface area contributed by atoms with Crippen LogP contribution in [0, 0.1) is 23.7 Å². The van der Waals surface area contributed by atoms with Gasteiger partial charge < -0.3 is 20.1 Å². The zero-order chi connectivity index (χ0) is 24.9. The zero-order valence-electron chi connectivity index (χ0n) is 20.8. The highest BCUT2D eigenvalue weighted by atomic mass is 16.5. The van der Waals surface area contributed by atoms with Crippen molar-refractivity contribution in [1.29, 1.82) is 0 Å². The lowest BCUT2D eigenvalue weighted by Crippen LogP contribution is -2.51. The summed E-state index contributed by atoms with van der Waals surface area (Å²) in [5, 5.41) is 13.6. The number of benzene rings is 1. The van der Waals surface area contributed by atoms with Crippen LogP contribution in [0.3, 0.4) is 0 Å². The van der Waals surface area contributed by atoms with Crippen molar-refractivity contribution in [3.63, 3.8) is 0 Å². The first-order valence-electron chi connectivity index (χ1n) is 13.1. The first kappa shape index (κ1) is 25.4. The Morgan fingerprint density at radius 2 is 1.83 bits per heavy atom. The number of allylic oxidation sites excluding steroid dienone is 1. The minimum atomic E-state index is -0.794. The molecule has 35 heavy (non-hydrogen) atoms. The highest BCUT2D eigenvalue weighted by molar-refractivity contribution is 5.96. The second-order valence-electron chi connectivity index (χ2n) is 9.98. The van der Waals surface area contributed by atoms with E-state index in [-0.39, 0.29) is 43.0 Å². The van der Waals surface area contributed by atoms with Crippen molar-refractivity contribution in [2.75, 3.05) is 13.2 Å². The summed E-state index contributed by atoms with van der Waals surface area (Å²) in [6, 6.07) is 7.94. The van der Waals surface area contributed by atoms with Crippen molar-refractivity contribution in [3.05, 3.63) is 48.0 Å².